The Kier molecular flexibility index (Phi) is 4.02. The predicted molar refractivity (Wildman–Crippen MR) is 93.6 cm³/mol. The average Bonchev–Trinajstić information content (AvgIpc) is 3.06. The van der Waals surface area contributed by atoms with E-state index in [1.807, 2.05) is 24.0 Å². The van der Waals surface area contributed by atoms with Gasteiger partial charge in [-0.1, -0.05) is 0 Å². The van der Waals surface area contributed by atoms with Gasteiger partial charge >= 0.3 is 0 Å². The predicted octanol–water partition coefficient (Wildman–Crippen LogP) is 2.34. The van der Waals surface area contributed by atoms with Gasteiger partial charge in [0, 0.05) is 43.6 Å². The van der Waals surface area contributed by atoms with E-state index in [0.717, 1.165) is 5.69 Å². The average molecular weight is 355 g/mol. The maximum atomic E-state index is 13.3. The molecule has 0 saturated carbocycles. The summed E-state index contributed by atoms with van der Waals surface area (Å²) >= 11 is 0. The molecule has 134 valence electrons. The summed E-state index contributed by atoms with van der Waals surface area (Å²) in [7, 11) is 0. The van der Waals surface area contributed by atoms with Gasteiger partial charge in [-0.25, -0.2) is 9.97 Å². The van der Waals surface area contributed by atoms with Crippen LogP contribution >= 0.6 is 0 Å². The van der Waals surface area contributed by atoms with E-state index in [4.69, 9.17) is 4.42 Å². The number of anilines is 1. The fraction of sp³-hybridized carbons (Fsp3) is 0.333. The molecule has 0 bridgehead atoms. The standard InChI is InChI=1S/C18H18FN5O2/c1-11-9-13(10-20-15(11)19)17(25)23-5-7-24(8-6-23)18-22-16-14(26-18)4-3-12(2)21-16/h3-4,9-10H,5-8H2,1-2H3. The number of pyridine rings is 2. The first kappa shape index (κ1) is 16.4. The highest BCUT2D eigenvalue weighted by molar-refractivity contribution is 5.94. The Morgan fingerprint density at radius 3 is 2.65 bits per heavy atom. The minimum atomic E-state index is -0.550. The number of piperazine rings is 1. The van der Waals surface area contributed by atoms with Crippen molar-refractivity contribution in [3.8, 4) is 0 Å². The van der Waals surface area contributed by atoms with Crippen LogP contribution in [0.3, 0.4) is 0 Å². The summed E-state index contributed by atoms with van der Waals surface area (Å²) in [6.07, 6.45) is 1.28. The number of aryl methyl sites for hydroxylation is 2. The summed E-state index contributed by atoms with van der Waals surface area (Å²) < 4.78 is 19.1. The van der Waals surface area contributed by atoms with Crippen molar-refractivity contribution in [2.75, 3.05) is 31.1 Å². The minimum absolute atomic E-state index is 0.143. The molecule has 1 aliphatic rings. The third-order valence-corrected chi connectivity index (χ3v) is 4.48. The highest BCUT2D eigenvalue weighted by atomic mass is 19.1. The number of hydrogen-bond acceptors (Lipinski definition) is 6. The summed E-state index contributed by atoms with van der Waals surface area (Å²) in [5, 5.41) is 0. The van der Waals surface area contributed by atoms with E-state index < -0.39 is 5.95 Å². The molecule has 3 aromatic heterocycles. The number of hydrogen-bond donors (Lipinski definition) is 0. The Labute approximate surface area is 149 Å². The van der Waals surface area contributed by atoms with E-state index in [1.165, 1.54) is 12.3 Å². The van der Waals surface area contributed by atoms with Crippen LogP contribution in [0.4, 0.5) is 10.4 Å². The first-order valence-electron chi connectivity index (χ1n) is 8.42. The van der Waals surface area contributed by atoms with E-state index in [2.05, 4.69) is 15.0 Å². The van der Waals surface area contributed by atoms with Crippen molar-refractivity contribution in [2.45, 2.75) is 13.8 Å². The van der Waals surface area contributed by atoms with Gasteiger partial charge in [0.05, 0.1) is 5.56 Å². The van der Waals surface area contributed by atoms with Crippen molar-refractivity contribution < 1.29 is 13.6 Å². The van der Waals surface area contributed by atoms with Crippen molar-refractivity contribution >= 4 is 23.2 Å². The SMILES string of the molecule is Cc1ccc2oc(N3CCN(C(=O)c4cnc(F)c(C)c4)CC3)nc2n1. The number of fused-ring (bicyclic) bond motifs is 1. The first-order chi connectivity index (χ1) is 12.5. The summed E-state index contributed by atoms with van der Waals surface area (Å²) in [5.74, 6) is -0.693. The van der Waals surface area contributed by atoms with Gasteiger partial charge in [0.1, 0.15) is 0 Å². The van der Waals surface area contributed by atoms with Crippen LogP contribution in [0.15, 0.2) is 28.8 Å². The summed E-state index contributed by atoms with van der Waals surface area (Å²) in [5.41, 5.74) is 2.89. The maximum Gasteiger partial charge on any atom is 0.300 e. The quantitative estimate of drug-likeness (QED) is 0.657. The molecule has 0 aromatic carbocycles. The van der Waals surface area contributed by atoms with Crippen LogP contribution in [-0.4, -0.2) is 51.9 Å². The summed E-state index contributed by atoms with van der Waals surface area (Å²) in [4.78, 5) is 28.7. The molecule has 4 rings (SSSR count). The van der Waals surface area contributed by atoms with Crippen LogP contribution in [0, 0.1) is 19.8 Å². The Bertz CT molecular complexity index is 979. The van der Waals surface area contributed by atoms with Gasteiger partial charge in [-0.3, -0.25) is 4.79 Å². The third-order valence-electron chi connectivity index (χ3n) is 4.48. The molecule has 0 unspecified atom stereocenters. The molecule has 0 N–H and O–H groups in total. The van der Waals surface area contributed by atoms with Crippen molar-refractivity contribution in [3.05, 3.63) is 47.2 Å². The molecule has 1 aliphatic heterocycles. The molecule has 0 radical (unpaired) electrons. The number of carbonyl (C=O) groups is 1. The van der Waals surface area contributed by atoms with Gasteiger partial charge in [0.2, 0.25) is 11.6 Å². The molecule has 3 aromatic rings. The lowest BCUT2D eigenvalue weighted by Crippen LogP contribution is -2.49. The number of amides is 1. The molecule has 4 heterocycles. The fourth-order valence-electron chi connectivity index (χ4n) is 3.00. The van der Waals surface area contributed by atoms with Crippen molar-refractivity contribution in [1.82, 2.24) is 19.9 Å². The van der Waals surface area contributed by atoms with Gasteiger partial charge in [0.15, 0.2) is 5.58 Å². The molecule has 8 heteroatoms. The third kappa shape index (κ3) is 2.98. The van der Waals surface area contributed by atoms with Gasteiger partial charge in [-0.2, -0.15) is 9.37 Å². The molecule has 1 saturated heterocycles. The zero-order valence-electron chi connectivity index (χ0n) is 14.6. The van der Waals surface area contributed by atoms with E-state index in [-0.39, 0.29) is 5.91 Å². The van der Waals surface area contributed by atoms with Crippen LogP contribution in [0.25, 0.3) is 11.2 Å². The van der Waals surface area contributed by atoms with Crippen LogP contribution in [0.2, 0.25) is 0 Å². The zero-order chi connectivity index (χ0) is 18.3. The first-order valence-corrected chi connectivity index (χ1v) is 8.42. The number of nitrogens with zero attached hydrogens (tertiary/aromatic N) is 5. The monoisotopic (exact) mass is 355 g/mol. The van der Waals surface area contributed by atoms with Crippen LogP contribution in [-0.2, 0) is 0 Å². The lowest BCUT2D eigenvalue weighted by molar-refractivity contribution is 0.0744. The molecular weight excluding hydrogens is 337 g/mol. The second kappa shape index (κ2) is 6.36. The lowest BCUT2D eigenvalue weighted by atomic mass is 10.2. The number of oxazole rings is 1. The Hall–Kier alpha value is -3.03. The van der Waals surface area contributed by atoms with Crippen LogP contribution < -0.4 is 4.90 Å². The van der Waals surface area contributed by atoms with E-state index >= 15 is 0 Å². The highest BCUT2D eigenvalue weighted by Crippen LogP contribution is 2.22. The Morgan fingerprint density at radius 1 is 1.15 bits per heavy atom. The molecule has 0 atom stereocenters. The minimum Gasteiger partial charge on any atom is -0.422 e. The maximum absolute atomic E-state index is 13.3. The van der Waals surface area contributed by atoms with E-state index in [9.17, 15) is 9.18 Å². The largest absolute Gasteiger partial charge is 0.422 e. The van der Waals surface area contributed by atoms with Gasteiger partial charge in [-0.05, 0) is 32.0 Å². The molecular formula is C18H18FN5O2. The smallest absolute Gasteiger partial charge is 0.300 e. The van der Waals surface area contributed by atoms with Gasteiger partial charge in [-0.15, -0.1) is 0 Å². The van der Waals surface area contributed by atoms with Crippen LogP contribution in [0.5, 0.6) is 0 Å². The highest BCUT2D eigenvalue weighted by Gasteiger charge is 2.25. The Morgan fingerprint density at radius 2 is 1.92 bits per heavy atom. The van der Waals surface area contributed by atoms with Gasteiger partial charge < -0.3 is 14.2 Å². The molecule has 1 fully saturated rings. The van der Waals surface area contributed by atoms with E-state index in [0.29, 0.717) is 54.6 Å². The molecule has 0 aliphatic carbocycles. The summed E-state index contributed by atoms with van der Waals surface area (Å²) in [6, 6.07) is 5.79. The van der Waals surface area contributed by atoms with Crippen molar-refractivity contribution in [2.24, 2.45) is 0 Å². The number of halogens is 1. The second-order valence-electron chi connectivity index (χ2n) is 6.38. The molecule has 7 nitrogen and oxygen atoms in total. The van der Waals surface area contributed by atoms with Crippen molar-refractivity contribution in [1.29, 1.82) is 0 Å². The topological polar surface area (TPSA) is 75.4 Å². The number of aromatic nitrogens is 3. The second-order valence-corrected chi connectivity index (χ2v) is 6.38. The fourth-order valence-corrected chi connectivity index (χ4v) is 3.00. The molecule has 26 heavy (non-hydrogen) atoms. The van der Waals surface area contributed by atoms with Gasteiger partial charge in [0.25, 0.3) is 11.9 Å². The molecule has 0 spiro atoms. The summed E-state index contributed by atoms with van der Waals surface area (Å²) in [6.45, 7) is 5.77. The van der Waals surface area contributed by atoms with E-state index in [1.54, 1.807) is 11.8 Å². The zero-order valence-corrected chi connectivity index (χ0v) is 14.6. The number of rotatable bonds is 2. The Balaban J connectivity index is 1.46. The molecule has 1 amide bonds. The van der Waals surface area contributed by atoms with Crippen LogP contribution in [0.1, 0.15) is 21.6 Å². The number of carbonyl (C=O) groups excluding carboxylic acids is 1. The lowest BCUT2D eigenvalue weighted by Gasteiger charge is -2.33. The normalized spacial score (nSPS) is 14.9. The van der Waals surface area contributed by atoms with Crippen molar-refractivity contribution in [3.63, 3.8) is 0 Å².